The third-order valence-electron chi connectivity index (χ3n) is 3.92. The van der Waals surface area contributed by atoms with Gasteiger partial charge in [0.15, 0.2) is 5.96 Å². The number of fused-ring (bicyclic) bond motifs is 1. The predicted octanol–water partition coefficient (Wildman–Crippen LogP) is 3.82. The Hall–Kier alpha value is -2.10. The van der Waals surface area contributed by atoms with Crippen molar-refractivity contribution in [3.8, 4) is 0 Å². The third-order valence-corrected chi connectivity index (χ3v) is 3.92. The summed E-state index contributed by atoms with van der Waals surface area (Å²) in [5.74, 6) is 0.645. The summed E-state index contributed by atoms with van der Waals surface area (Å²) in [6.07, 6.45) is 1.35. The minimum atomic E-state index is -0.530. The Balaban J connectivity index is 0.00000420. The molecule has 0 spiro atoms. The Labute approximate surface area is 190 Å². The lowest BCUT2D eigenvalue weighted by atomic mass is 10.1. The van der Waals surface area contributed by atoms with E-state index in [9.17, 15) is 4.79 Å². The number of amides is 1. The van der Waals surface area contributed by atoms with Gasteiger partial charge in [-0.05, 0) is 46.2 Å². The predicted molar refractivity (Wildman–Crippen MR) is 129 cm³/mol. The number of carbonyl (C=O) groups is 1. The number of carbonyl (C=O) groups excluding carboxylic acids is 1. The summed E-state index contributed by atoms with van der Waals surface area (Å²) in [5, 5.41) is 10.5. The largest absolute Gasteiger partial charge is 0.444 e. The van der Waals surface area contributed by atoms with Crippen molar-refractivity contribution >= 4 is 46.9 Å². The van der Waals surface area contributed by atoms with Crippen LogP contribution in [0.25, 0.3) is 10.9 Å². The second-order valence-electron chi connectivity index (χ2n) is 8.28. The minimum Gasteiger partial charge on any atom is -0.444 e. The summed E-state index contributed by atoms with van der Waals surface area (Å²) < 4.78 is 5.32. The Morgan fingerprint density at radius 2 is 1.79 bits per heavy atom. The van der Waals surface area contributed by atoms with Crippen LogP contribution in [0.3, 0.4) is 0 Å². The lowest BCUT2D eigenvalue weighted by Crippen LogP contribution is -2.54. The fourth-order valence-corrected chi connectivity index (χ4v) is 2.64. The first-order valence-electron chi connectivity index (χ1n) is 9.38. The number of rotatable bonds is 5. The SMILES string of the molecule is CN=C(NCc1cccc2cccnc12)NCC(C)(C)NC(=O)OC(C)(C)C.I. The van der Waals surface area contributed by atoms with Crippen LogP contribution in [-0.4, -0.2) is 41.8 Å². The van der Waals surface area contributed by atoms with Gasteiger partial charge in [0.25, 0.3) is 0 Å². The third kappa shape index (κ3) is 8.43. The zero-order valence-electron chi connectivity index (χ0n) is 18.0. The molecule has 0 fully saturated rings. The normalized spacial score (nSPS) is 12.1. The maximum Gasteiger partial charge on any atom is 0.408 e. The number of benzene rings is 1. The van der Waals surface area contributed by atoms with E-state index in [0.29, 0.717) is 19.0 Å². The van der Waals surface area contributed by atoms with E-state index in [4.69, 9.17) is 4.74 Å². The zero-order chi connectivity index (χ0) is 20.8. The molecule has 1 heterocycles. The minimum absolute atomic E-state index is 0. The van der Waals surface area contributed by atoms with Crippen molar-refractivity contribution in [1.29, 1.82) is 0 Å². The van der Waals surface area contributed by atoms with Crippen molar-refractivity contribution in [1.82, 2.24) is 20.9 Å². The average Bonchev–Trinajstić information content (AvgIpc) is 2.59. The first-order valence-corrected chi connectivity index (χ1v) is 9.38. The number of alkyl carbamates (subject to hydrolysis) is 1. The smallest absolute Gasteiger partial charge is 0.408 e. The molecule has 0 radical (unpaired) electrons. The van der Waals surface area contributed by atoms with Gasteiger partial charge in [0.2, 0.25) is 0 Å². The van der Waals surface area contributed by atoms with Crippen LogP contribution in [0.4, 0.5) is 4.79 Å². The molecule has 2 aromatic rings. The van der Waals surface area contributed by atoms with Gasteiger partial charge < -0.3 is 20.7 Å². The van der Waals surface area contributed by atoms with Gasteiger partial charge in [0, 0.05) is 31.7 Å². The molecule has 0 bridgehead atoms. The summed E-state index contributed by atoms with van der Waals surface area (Å²) in [6.45, 7) is 10.4. The number of aliphatic imine (C=N–C) groups is 1. The van der Waals surface area contributed by atoms with E-state index in [1.54, 1.807) is 13.2 Å². The number of aromatic nitrogens is 1. The van der Waals surface area contributed by atoms with Gasteiger partial charge in [0.05, 0.1) is 11.1 Å². The molecule has 29 heavy (non-hydrogen) atoms. The Bertz CT molecular complexity index is 841. The van der Waals surface area contributed by atoms with E-state index in [-0.39, 0.29) is 24.0 Å². The van der Waals surface area contributed by atoms with Gasteiger partial charge in [-0.2, -0.15) is 0 Å². The van der Waals surface area contributed by atoms with Gasteiger partial charge in [-0.3, -0.25) is 9.98 Å². The fraction of sp³-hybridized carbons (Fsp3) is 0.476. The van der Waals surface area contributed by atoms with Crippen molar-refractivity contribution in [2.24, 2.45) is 4.99 Å². The highest BCUT2D eigenvalue weighted by Crippen LogP contribution is 2.15. The molecule has 0 aliphatic rings. The van der Waals surface area contributed by atoms with Crippen LogP contribution in [0, 0.1) is 0 Å². The number of nitrogens with zero attached hydrogens (tertiary/aromatic N) is 2. The van der Waals surface area contributed by atoms with E-state index in [0.717, 1.165) is 16.5 Å². The second-order valence-corrected chi connectivity index (χ2v) is 8.28. The highest BCUT2D eigenvalue weighted by atomic mass is 127. The van der Waals surface area contributed by atoms with Gasteiger partial charge in [0.1, 0.15) is 5.60 Å². The first-order chi connectivity index (χ1) is 13.1. The number of hydrogen-bond acceptors (Lipinski definition) is 4. The topological polar surface area (TPSA) is 87.6 Å². The van der Waals surface area contributed by atoms with Crippen LogP contribution in [-0.2, 0) is 11.3 Å². The van der Waals surface area contributed by atoms with Crippen LogP contribution in [0.15, 0.2) is 41.5 Å². The number of hydrogen-bond donors (Lipinski definition) is 3. The summed E-state index contributed by atoms with van der Waals surface area (Å²) in [5.41, 5.74) is 1.02. The highest BCUT2D eigenvalue weighted by molar-refractivity contribution is 14.0. The lowest BCUT2D eigenvalue weighted by molar-refractivity contribution is 0.0474. The molecule has 7 nitrogen and oxygen atoms in total. The monoisotopic (exact) mass is 513 g/mol. The molecule has 1 aromatic carbocycles. The number of halogens is 1. The van der Waals surface area contributed by atoms with E-state index in [1.807, 2.05) is 65.0 Å². The van der Waals surface area contributed by atoms with E-state index in [2.05, 4.69) is 25.9 Å². The first kappa shape index (κ1) is 24.9. The molecule has 3 N–H and O–H groups in total. The van der Waals surface area contributed by atoms with Crippen molar-refractivity contribution < 1.29 is 9.53 Å². The molecule has 160 valence electrons. The lowest BCUT2D eigenvalue weighted by Gasteiger charge is -2.29. The van der Waals surface area contributed by atoms with E-state index < -0.39 is 17.2 Å². The molecular formula is C21H32IN5O2. The van der Waals surface area contributed by atoms with Crippen LogP contribution in [0.2, 0.25) is 0 Å². The maximum atomic E-state index is 12.0. The van der Waals surface area contributed by atoms with Gasteiger partial charge in [-0.25, -0.2) is 4.79 Å². The van der Waals surface area contributed by atoms with Crippen molar-refractivity contribution in [2.75, 3.05) is 13.6 Å². The van der Waals surface area contributed by atoms with Gasteiger partial charge >= 0.3 is 6.09 Å². The summed E-state index contributed by atoms with van der Waals surface area (Å²) in [6, 6.07) is 10.1. The number of para-hydroxylation sites is 1. The zero-order valence-corrected chi connectivity index (χ0v) is 20.3. The molecule has 0 aliphatic carbocycles. The summed E-state index contributed by atoms with van der Waals surface area (Å²) in [4.78, 5) is 20.7. The number of ether oxygens (including phenoxy) is 1. The number of guanidine groups is 1. The summed E-state index contributed by atoms with van der Waals surface area (Å²) >= 11 is 0. The number of nitrogens with one attached hydrogen (secondary N) is 3. The van der Waals surface area contributed by atoms with Crippen LogP contribution in [0.5, 0.6) is 0 Å². The molecule has 0 saturated heterocycles. The van der Waals surface area contributed by atoms with Crippen LogP contribution in [0.1, 0.15) is 40.2 Å². The van der Waals surface area contributed by atoms with Crippen LogP contribution >= 0.6 is 24.0 Å². The molecular weight excluding hydrogens is 481 g/mol. The second kappa shape index (κ2) is 10.6. The van der Waals surface area contributed by atoms with E-state index in [1.165, 1.54) is 0 Å². The molecule has 0 saturated carbocycles. The van der Waals surface area contributed by atoms with Crippen molar-refractivity contribution in [3.05, 3.63) is 42.1 Å². The number of pyridine rings is 1. The van der Waals surface area contributed by atoms with E-state index >= 15 is 0 Å². The molecule has 0 atom stereocenters. The Morgan fingerprint density at radius 1 is 1.10 bits per heavy atom. The molecule has 1 aromatic heterocycles. The highest BCUT2D eigenvalue weighted by Gasteiger charge is 2.24. The molecule has 2 rings (SSSR count). The van der Waals surface area contributed by atoms with Crippen molar-refractivity contribution in [3.63, 3.8) is 0 Å². The van der Waals surface area contributed by atoms with Crippen molar-refractivity contribution in [2.45, 2.75) is 52.3 Å². The average molecular weight is 513 g/mol. The quantitative estimate of drug-likeness (QED) is 0.322. The Morgan fingerprint density at radius 3 is 2.45 bits per heavy atom. The summed E-state index contributed by atoms with van der Waals surface area (Å²) in [7, 11) is 1.71. The molecule has 1 amide bonds. The van der Waals surface area contributed by atoms with Gasteiger partial charge in [-0.15, -0.1) is 24.0 Å². The maximum absolute atomic E-state index is 12.0. The Kier molecular flexibility index (Phi) is 9.13. The van der Waals surface area contributed by atoms with Crippen LogP contribution < -0.4 is 16.0 Å². The standard InChI is InChI=1S/C21H31N5O2.HI/c1-20(2,3)28-19(27)26-21(4,5)14-25-18(22-6)24-13-16-10-7-9-15-11-8-12-23-17(15)16;/h7-12H,13-14H2,1-6H3,(H,26,27)(H2,22,24,25);1H. The van der Waals surface area contributed by atoms with Gasteiger partial charge in [-0.1, -0.05) is 24.3 Å². The fourth-order valence-electron chi connectivity index (χ4n) is 2.64. The molecule has 8 heteroatoms. The molecule has 0 aliphatic heterocycles. The molecule has 0 unspecified atom stereocenters.